The standard InChI is InChI=1S/C12H17N3O4S/c1-7-4-8(13)9(15(16)17)5-10(7)20(18,19)14-11-6-12(11,2)3/h4-5,11,14H,6,13H2,1-3H3. The van der Waals surface area contributed by atoms with Gasteiger partial charge in [0.2, 0.25) is 10.0 Å². The molecule has 1 saturated carbocycles. The highest BCUT2D eigenvalue weighted by Crippen LogP contribution is 2.45. The van der Waals surface area contributed by atoms with E-state index in [4.69, 9.17) is 5.73 Å². The maximum atomic E-state index is 12.3. The second-order valence-corrected chi connectivity index (χ2v) is 7.48. The summed E-state index contributed by atoms with van der Waals surface area (Å²) < 4.78 is 27.2. The zero-order valence-corrected chi connectivity index (χ0v) is 12.3. The molecule has 1 aromatic carbocycles. The molecule has 0 radical (unpaired) electrons. The molecule has 20 heavy (non-hydrogen) atoms. The van der Waals surface area contributed by atoms with Crippen LogP contribution in [0.4, 0.5) is 11.4 Å². The molecule has 1 aromatic rings. The molecular weight excluding hydrogens is 282 g/mol. The maximum absolute atomic E-state index is 12.3. The second-order valence-electron chi connectivity index (χ2n) is 5.80. The lowest BCUT2D eigenvalue weighted by atomic mass is 10.2. The highest BCUT2D eigenvalue weighted by Gasteiger charge is 2.48. The summed E-state index contributed by atoms with van der Waals surface area (Å²) in [6, 6.07) is 2.19. The molecule has 0 saturated heterocycles. The van der Waals surface area contributed by atoms with E-state index in [1.54, 1.807) is 6.92 Å². The van der Waals surface area contributed by atoms with Gasteiger partial charge in [0, 0.05) is 12.1 Å². The Morgan fingerprint density at radius 2 is 2.00 bits per heavy atom. The van der Waals surface area contributed by atoms with E-state index in [0.717, 1.165) is 12.5 Å². The van der Waals surface area contributed by atoms with Gasteiger partial charge in [0.25, 0.3) is 5.69 Å². The Balaban J connectivity index is 2.41. The highest BCUT2D eigenvalue weighted by atomic mass is 32.2. The molecule has 0 amide bonds. The average Bonchev–Trinajstić information content (AvgIpc) is 2.83. The third-order valence-corrected chi connectivity index (χ3v) is 5.23. The van der Waals surface area contributed by atoms with Gasteiger partial charge in [0.1, 0.15) is 5.69 Å². The molecule has 8 heteroatoms. The van der Waals surface area contributed by atoms with Gasteiger partial charge < -0.3 is 5.73 Å². The van der Waals surface area contributed by atoms with Crippen LogP contribution in [-0.4, -0.2) is 19.4 Å². The first-order valence-corrected chi connectivity index (χ1v) is 7.60. The van der Waals surface area contributed by atoms with Crippen LogP contribution >= 0.6 is 0 Å². The van der Waals surface area contributed by atoms with Gasteiger partial charge in [0.05, 0.1) is 9.82 Å². The molecule has 1 atom stereocenters. The van der Waals surface area contributed by atoms with E-state index in [1.807, 2.05) is 13.8 Å². The van der Waals surface area contributed by atoms with Gasteiger partial charge in [-0.15, -0.1) is 0 Å². The number of sulfonamides is 1. The van der Waals surface area contributed by atoms with Crippen molar-refractivity contribution >= 4 is 21.4 Å². The first-order valence-electron chi connectivity index (χ1n) is 6.11. The van der Waals surface area contributed by atoms with Crippen LogP contribution in [0.3, 0.4) is 0 Å². The first kappa shape index (κ1) is 14.7. The molecule has 1 aliphatic carbocycles. The third-order valence-electron chi connectivity index (χ3n) is 3.62. The van der Waals surface area contributed by atoms with E-state index < -0.39 is 20.6 Å². The van der Waals surface area contributed by atoms with Gasteiger partial charge in [-0.1, -0.05) is 13.8 Å². The molecule has 110 valence electrons. The molecule has 2 rings (SSSR count). The van der Waals surface area contributed by atoms with E-state index >= 15 is 0 Å². The number of rotatable bonds is 4. The fourth-order valence-electron chi connectivity index (χ4n) is 2.07. The van der Waals surface area contributed by atoms with Crippen LogP contribution in [0, 0.1) is 22.5 Å². The van der Waals surface area contributed by atoms with Crippen LogP contribution in [0.25, 0.3) is 0 Å². The minimum Gasteiger partial charge on any atom is -0.393 e. The van der Waals surface area contributed by atoms with Crippen molar-refractivity contribution < 1.29 is 13.3 Å². The van der Waals surface area contributed by atoms with Crippen molar-refractivity contribution in [2.24, 2.45) is 5.41 Å². The quantitative estimate of drug-likeness (QED) is 0.497. The molecule has 3 N–H and O–H groups in total. The summed E-state index contributed by atoms with van der Waals surface area (Å²) in [5, 5.41) is 10.9. The van der Waals surface area contributed by atoms with Crippen LogP contribution in [0.2, 0.25) is 0 Å². The summed E-state index contributed by atoms with van der Waals surface area (Å²) >= 11 is 0. The van der Waals surface area contributed by atoms with Gasteiger partial charge in [-0.2, -0.15) is 0 Å². The van der Waals surface area contributed by atoms with Crippen molar-refractivity contribution in [1.82, 2.24) is 4.72 Å². The Labute approximate surface area is 117 Å². The maximum Gasteiger partial charge on any atom is 0.293 e. The second kappa shape index (κ2) is 4.42. The normalized spacial score (nSPS) is 20.6. The molecule has 1 fully saturated rings. The fraction of sp³-hybridized carbons (Fsp3) is 0.500. The number of nitrogens with zero attached hydrogens (tertiary/aromatic N) is 1. The number of aryl methyl sites for hydroxylation is 1. The van der Waals surface area contributed by atoms with E-state index in [9.17, 15) is 18.5 Å². The predicted molar refractivity (Wildman–Crippen MR) is 74.8 cm³/mol. The summed E-state index contributed by atoms with van der Waals surface area (Å²) in [4.78, 5) is 10.1. The SMILES string of the molecule is Cc1cc(N)c([N+](=O)[O-])cc1S(=O)(=O)NC1CC1(C)C. The number of benzene rings is 1. The average molecular weight is 299 g/mol. The molecule has 1 aliphatic rings. The van der Waals surface area contributed by atoms with E-state index in [-0.39, 0.29) is 22.0 Å². The lowest BCUT2D eigenvalue weighted by Crippen LogP contribution is -2.29. The molecule has 7 nitrogen and oxygen atoms in total. The number of anilines is 1. The Kier molecular flexibility index (Phi) is 3.26. The highest BCUT2D eigenvalue weighted by molar-refractivity contribution is 7.89. The Morgan fingerprint density at radius 3 is 2.45 bits per heavy atom. The van der Waals surface area contributed by atoms with E-state index in [1.165, 1.54) is 6.07 Å². The van der Waals surface area contributed by atoms with Crippen molar-refractivity contribution in [3.63, 3.8) is 0 Å². The molecule has 0 spiro atoms. The van der Waals surface area contributed by atoms with Gasteiger partial charge in [0.15, 0.2) is 0 Å². The number of nitrogen functional groups attached to an aromatic ring is 1. The summed E-state index contributed by atoms with van der Waals surface area (Å²) in [6.07, 6.45) is 0.752. The number of nitrogens with two attached hydrogens (primary N) is 1. The number of nitrogens with one attached hydrogen (secondary N) is 1. The predicted octanol–water partition coefficient (Wildman–Crippen LogP) is 1.56. The zero-order valence-electron chi connectivity index (χ0n) is 11.5. The smallest absolute Gasteiger partial charge is 0.293 e. The van der Waals surface area contributed by atoms with Crippen LogP contribution in [0.15, 0.2) is 17.0 Å². The van der Waals surface area contributed by atoms with Crippen LogP contribution in [0.5, 0.6) is 0 Å². The Hall–Kier alpha value is -1.67. The molecule has 0 aromatic heterocycles. The van der Waals surface area contributed by atoms with Crippen LogP contribution in [0.1, 0.15) is 25.8 Å². The minimum atomic E-state index is -3.78. The Morgan fingerprint density at radius 1 is 1.45 bits per heavy atom. The molecule has 1 unspecified atom stereocenters. The van der Waals surface area contributed by atoms with Gasteiger partial charge in [-0.25, -0.2) is 13.1 Å². The van der Waals surface area contributed by atoms with Crippen LogP contribution in [-0.2, 0) is 10.0 Å². The molecule has 0 aliphatic heterocycles. The van der Waals surface area contributed by atoms with Gasteiger partial charge in [-0.05, 0) is 30.4 Å². The molecule has 0 heterocycles. The Bertz CT molecular complexity index is 682. The minimum absolute atomic E-state index is 0.0433. The van der Waals surface area contributed by atoms with Crippen molar-refractivity contribution in [2.75, 3.05) is 5.73 Å². The summed E-state index contributed by atoms with van der Waals surface area (Å²) in [6.45, 7) is 5.48. The lowest BCUT2D eigenvalue weighted by Gasteiger charge is -2.11. The monoisotopic (exact) mass is 299 g/mol. The van der Waals surface area contributed by atoms with E-state index in [0.29, 0.717) is 5.56 Å². The van der Waals surface area contributed by atoms with Crippen molar-refractivity contribution in [3.8, 4) is 0 Å². The number of hydrogen-bond donors (Lipinski definition) is 2. The summed E-state index contributed by atoms with van der Waals surface area (Å²) in [5.41, 5.74) is 5.41. The molecular formula is C12H17N3O4S. The van der Waals surface area contributed by atoms with Crippen LogP contribution < -0.4 is 10.5 Å². The lowest BCUT2D eigenvalue weighted by molar-refractivity contribution is -0.384. The largest absolute Gasteiger partial charge is 0.393 e. The molecule has 0 bridgehead atoms. The number of hydrogen-bond acceptors (Lipinski definition) is 5. The fourth-order valence-corrected chi connectivity index (χ4v) is 3.72. The summed E-state index contributed by atoms with van der Waals surface area (Å²) in [7, 11) is -3.78. The van der Waals surface area contributed by atoms with Crippen molar-refractivity contribution in [2.45, 2.75) is 38.1 Å². The zero-order chi connectivity index (χ0) is 15.3. The summed E-state index contributed by atoms with van der Waals surface area (Å²) in [5.74, 6) is 0. The van der Waals surface area contributed by atoms with Crippen molar-refractivity contribution in [3.05, 3.63) is 27.8 Å². The first-order chi connectivity index (χ1) is 9.04. The number of nitro benzene ring substituents is 1. The van der Waals surface area contributed by atoms with Gasteiger partial charge in [-0.3, -0.25) is 10.1 Å². The van der Waals surface area contributed by atoms with Gasteiger partial charge >= 0.3 is 0 Å². The van der Waals surface area contributed by atoms with Crippen molar-refractivity contribution in [1.29, 1.82) is 0 Å². The topological polar surface area (TPSA) is 115 Å². The number of nitro groups is 1. The third kappa shape index (κ3) is 2.61. The van der Waals surface area contributed by atoms with E-state index in [2.05, 4.69) is 4.72 Å².